The van der Waals surface area contributed by atoms with Gasteiger partial charge in [0, 0.05) is 17.6 Å². The number of aromatic nitrogens is 1. The maximum Gasteiger partial charge on any atom is 0.501 e. The molecule has 11 heteroatoms. The molecule has 2 fully saturated rings. The lowest BCUT2D eigenvalue weighted by atomic mass is 9.94. The van der Waals surface area contributed by atoms with Crippen LogP contribution in [-0.4, -0.2) is 77.3 Å². The van der Waals surface area contributed by atoms with Crippen LogP contribution in [0, 0.1) is 12.8 Å². The molecule has 0 aromatic carbocycles. The minimum Gasteiger partial charge on any atom is -0.357 e. The second-order valence-corrected chi connectivity index (χ2v) is 11.7. The third kappa shape index (κ3) is 4.27. The van der Waals surface area contributed by atoms with Crippen molar-refractivity contribution in [3.8, 4) is 0 Å². The molecule has 0 spiro atoms. The van der Waals surface area contributed by atoms with Gasteiger partial charge in [-0.3, -0.25) is 4.90 Å². The summed E-state index contributed by atoms with van der Waals surface area (Å²) in [6.07, 6.45) is 8.12. The number of hydrogen-bond donors (Lipinski definition) is 1. The summed E-state index contributed by atoms with van der Waals surface area (Å²) in [5, 5.41) is 3.85. The van der Waals surface area contributed by atoms with Gasteiger partial charge < -0.3 is 4.52 Å². The zero-order chi connectivity index (χ0) is 24.3. The smallest absolute Gasteiger partial charge is 0.357 e. The molecule has 34 heavy (non-hydrogen) atoms. The van der Waals surface area contributed by atoms with Gasteiger partial charge in [-0.15, -0.1) is 0 Å². The van der Waals surface area contributed by atoms with E-state index in [-0.39, 0.29) is 17.5 Å². The number of nitrogens with one attached hydrogen (secondary N) is 1. The molecule has 2 unspecified atom stereocenters. The number of imide groups is 1. The van der Waals surface area contributed by atoms with Gasteiger partial charge in [-0.25, -0.2) is 17.9 Å². The Balaban J connectivity index is 1.51. The van der Waals surface area contributed by atoms with E-state index in [0.29, 0.717) is 23.7 Å². The number of amides is 3. The van der Waals surface area contributed by atoms with Gasteiger partial charge in [-0.05, 0) is 71.4 Å². The van der Waals surface area contributed by atoms with Crippen LogP contribution in [0.3, 0.4) is 0 Å². The van der Waals surface area contributed by atoms with E-state index in [9.17, 15) is 18.0 Å². The van der Waals surface area contributed by atoms with Crippen LogP contribution in [0.25, 0.3) is 0 Å². The van der Waals surface area contributed by atoms with Crippen molar-refractivity contribution in [2.45, 2.75) is 57.7 Å². The molecule has 0 radical (unpaired) electrons. The fourth-order valence-electron chi connectivity index (χ4n) is 4.80. The van der Waals surface area contributed by atoms with E-state index in [0.717, 1.165) is 37.1 Å². The van der Waals surface area contributed by atoms with Gasteiger partial charge >= 0.3 is 11.9 Å². The molecule has 1 saturated heterocycles. The molecule has 2 aliphatic heterocycles. The highest BCUT2D eigenvalue weighted by atomic mass is 32.2. The summed E-state index contributed by atoms with van der Waals surface area (Å²) in [6.45, 7) is 4.95. The molecule has 182 valence electrons. The van der Waals surface area contributed by atoms with E-state index in [1.165, 1.54) is 12.2 Å². The third-order valence-electron chi connectivity index (χ3n) is 7.12. The average Bonchev–Trinajstić information content (AvgIpc) is 3.14. The van der Waals surface area contributed by atoms with Crippen LogP contribution in [-0.2, 0) is 21.4 Å². The average molecular weight is 489 g/mol. The van der Waals surface area contributed by atoms with Crippen molar-refractivity contribution in [1.29, 1.82) is 0 Å². The van der Waals surface area contributed by atoms with Crippen molar-refractivity contribution in [3.05, 3.63) is 40.7 Å². The first kappa shape index (κ1) is 23.1. The van der Waals surface area contributed by atoms with Crippen molar-refractivity contribution in [3.63, 3.8) is 0 Å². The Morgan fingerprint density at radius 2 is 2.06 bits per heavy atom. The monoisotopic (exact) mass is 488 g/mol. The number of carbonyl (C=O) groups excluding carboxylic acids is 2. The first-order valence-corrected chi connectivity index (χ1v) is 13.1. The lowest BCUT2D eigenvalue weighted by Gasteiger charge is -2.29. The molecular weight excluding hydrogens is 458 g/mol. The summed E-state index contributed by atoms with van der Waals surface area (Å²) in [5.74, 6) is -0.955. The van der Waals surface area contributed by atoms with Gasteiger partial charge in [0.2, 0.25) is 10.0 Å². The summed E-state index contributed by atoms with van der Waals surface area (Å²) in [7, 11) is -1.76. The van der Waals surface area contributed by atoms with Crippen molar-refractivity contribution in [1.82, 2.24) is 19.7 Å². The molecular formula is C23H30N5O5S+. The van der Waals surface area contributed by atoms with Crippen molar-refractivity contribution < 1.29 is 27.1 Å². The van der Waals surface area contributed by atoms with Gasteiger partial charge in [0.25, 0.3) is 0 Å². The SMILES string of the molecule is Cc1cc(CN2C(=O)C3C=C(S(=O)(=O)NC4(C)CC4)C=CC3=[N+](CC3CCCN3C)C2=O)on1. The summed E-state index contributed by atoms with van der Waals surface area (Å²) in [4.78, 5) is 30.4. The zero-order valence-corrected chi connectivity index (χ0v) is 20.5. The molecule has 4 aliphatic rings. The van der Waals surface area contributed by atoms with Gasteiger partial charge in [0.15, 0.2) is 12.3 Å². The molecule has 5 rings (SSSR count). The van der Waals surface area contributed by atoms with E-state index in [1.54, 1.807) is 23.6 Å². The van der Waals surface area contributed by atoms with E-state index in [1.807, 2.05) is 14.0 Å². The first-order valence-electron chi connectivity index (χ1n) is 11.6. The van der Waals surface area contributed by atoms with Crippen LogP contribution in [0.4, 0.5) is 4.79 Å². The molecule has 1 N–H and O–H groups in total. The van der Waals surface area contributed by atoms with Gasteiger partial charge in [-0.2, -0.15) is 14.3 Å². The maximum atomic E-state index is 13.5. The largest absolute Gasteiger partial charge is 0.501 e. The Morgan fingerprint density at radius 3 is 2.68 bits per heavy atom. The second-order valence-electron chi connectivity index (χ2n) is 10.00. The molecule has 1 aromatic heterocycles. The van der Waals surface area contributed by atoms with Crippen LogP contribution in [0.15, 0.2) is 33.7 Å². The number of urea groups is 1. The molecule has 2 atom stereocenters. The Kier molecular flexibility index (Phi) is 5.61. The molecule has 3 heterocycles. The first-order chi connectivity index (χ1) is 16.1. The van der Waals surface area contributed by atoms with Crippen LogP contribution < -0.4 is 4.72 Å². The summed E-state index contributed by atoms with van der Waals surface area (Å²) in [5.41, 5.74) is 0.730. The predicted octanol–water partition coefficient (Wildman–Crippen LogP) is 1.53. The Hall–Kier alpha value is -2.63. The highest BCUT2D eigenvalue weighted by Crippen LogP contribution is 2.36. The number of likely N-dealkylation sites (tertiary alicyclic amines) is 1. The van der Waals surface area contributed by atoms with Crippen LogP contribution in [0.5, 0.6) is 0 Å². The van der Waals surface area contributed by atoms with Crippen LogP contribution >= 0.6 is 0 Å². The van der Waals surface area contributed by atoms with Crippen LogP contribution in [0.2, 0.25) is 0 Å². The van der Waals surface area contributed by atoms with Crippen molar-refractivity contribution >= 4 is 27.7 Å². The molecule has 1 saturated carbocycles. The molecule has 3 amide bonds. The van der Waals surface area contributed by atoms with Crippen LogP contribution in [0.1, 0.15) is 44.1 Å². The summed E-state index contributed by atoms with van der Waals surface area (Å²) < 4.78 is 35.6. The highest BCUT2D eigenvalue weighted by Gasteiger charge is 2.50. The summed E-state index contributed by atoms with van der Waals surface area (Å²) in [6, 6.07) is 1.42. The van der Waals surface area contributed by atoms with E-state index in [4.69, 9.17) is 4.52 Å². The Bertz CT molecular complexity index is 1240. The minimum atomic E-state index is -3.79. The number of likely N-dealkylation sites (N-methyl/N-ethyl adjacent to an activating group) is 1. The number of nitrogens with zero attached hydrogens (tertiary/aromatic N) is 4. The molecule has 10 nitrogen and oxygen atoms in total. The normalized spacial score (nSPS) is 26.8. The number of hydrogen-bond acceptors (Lipinski definition) is 7. The standard InChI is InChI=1S/C23H30N5O5S/c1-15-11-17(33-24-15)14-28-21(29)19-12-18(34(31,32)25-23(2)8-9-23)6-7-20(19)27(22(28)30)13-16-5-4-10-26(16)3/h6-7,11-12,16,19,25H,4-5,8-10,13-14H2,1-3H3/q+1. The lowest BCUT2D eigenvalue weighted by molar-refractivity contribution is -0.446. The van der Waals surface area contributed by atoms with E-state index >= 15 is 0 Å². The Labute approximate surface area is 199 Å². The van der Waals surface area contributed by atoms with E-state index < -0.39 is 33.4 Å². The Morgan fingerprint density at radius 1 is 1.29 bits per heavy atom. The predicted molar refractivity (Wildman–Crippen MR) is 123 cm³/mol. The fraction of sp³-hybridized carbons (Fsp3) is 0.565. The highest BCUT2D eigenvalue weighted by molar-refractivity contribution is 7.93. The molecule has 0 bridgehead atoms. The maximum absolute atomic E-state index is 13.5. The molecule has 1 aromatic rings. The number of allylic oxidation sites excluding steroid dienone is 2. The number of aryl methyl sites for hydroxylation is 1. The van der Waals surface area contributed by atoms with Crippen molar-refractivity contribution in [2.24, 2.45) is 5.92 Å². The van der Waals surface area contributed by atoms with Gasteiger partial charge in [0.1, 0.15) is 18.2 Å². The number of fused-ring (bicyclic) bond motifs is 1. The second kappa shape index (κ2) is 8.24. The summed E-state index contributed by atoms with van der Waals surface area (Å²) >= 11 is 0. The zero-order valence-electron chi connectivity index (χ0n) is 19.7. The number of sulfonamides is 1. The number of carbonyl (C=O) groups is 2. The third-order valence-corrected chi connectivity index (χ3v) is 8.77. The molecule has 2 aliphatic carbocycles. The lowest BCUT2D eigenvalue weighted by Crippen LogP contribution is -2.56. The van der Waals surface area contributed by atoms with Gasteiger partial charge in [0.05, 0.1) is 10.6 Å². The van der Waals surface area contributed by atoms with Gasteiger partial charge in [-0.1, -0.05) is 5.16 Å². The minimum absolute atomic E-state index is 0.0467. The van der Waals surface area contributed by atoms with Crippen molar-refractivity contribution in [2.75, 3.05) is 20.1 Å². The fourth-order valence-corrected chi connectivity index (χ4v) is 6.33. The topological polar surface area (TPSA) is 116 Å². The van der Waals surface area contributed by atoms with E-state index in [2.05, 4.69) is 14.8 Å². The number of rotatable bonds is 7. The quantitative estimate of drug-likeness (QED) is 0.579.